The van der Waals surface area contributed by atoms with Crippen molar-refractivity contribution in [3.8, 4) is 5.75 Å². The molecule has 0 aliphatic carbocycles. The first-order valence-electron chi connectivity index (χ1n) is 6.07. The minimum Gasteiger partial charge on any atom is -0.504 e. The van der Waals surface area contributed by atoms with Gasteiger partial charge in [0.15, 0.2) is 5.75 Å². The van der Waals surface area contributed by atoms with E-state index in [1.165, 1.54) is 12.8 Å². The number of nitrogens with zero attached hydrogens (tertiary/aromatic N) is 3. The van der Waals surface area contributed by atoms with Gasteiger partial charge in [0.05, 0.1) is 0 Å². The summed E-state index contributed by atoms with van der Waals surface area (Å²) in [6.07, 6.45) is 5.28. The molecule has 0 radical (unpaired) electrons. The quantitative estimate of drug-likeness (QED) is 0.810. The smallest absolute Gasteiger partial charge is 0.203 e. The summed E-state index contributed by atoms with van der Waals surface area (Å²) in [5.41, 5.74) is 0.547. The van der Waals surface area contributed by atoms with Gasteiger partial charge >= 0.3 is 0 Å². The molecular weight excluding hydrogens is 216 g/mol. The van der Waals surface area contributed by atoms with Gasteiger partial charge in [-0.15, -0.1) is 10.2 Å². The molecule has 1 atom stereocenters. The molecule has 1 aliphatic rings. The Balaban J connectivity index is 1.87. The van der Waals surface area contributed by atoms with Gasteiger partial charge in [0, 0.05) is 12.6 Å². The second kappa shape index (κ2) is 4.33. The van der Waals surface area contributed by atoms with E-state index in [0.717, 1.165) is 25.3 Å². The molecule has 3 rings (SSSR count). The zero-order chi connectivity index (χ0) is 11.7. The van der Waals surface area contributed by atoms with Crippen molar-refractivity contribution < 1.29 is 5.11 Å². The van der Waals surface area contributed by atoms with Gasteiger partial charge in [-0.05, 0) is 44.0 Å². The van der Waals surface area contributed by atoms with E-state index in [1.54, 1.807) is 6.07 Å². The lowest BCUT2D eigenvalue weighted by Crippen LogP contribution is -2.31. The molecule has 5 heteroatoms. The second-order valence-corrected chi connectivity index (χ2v) is 4.62. The van der Waals surface area contributed by atoms with Crippen LogP contribution in [0.1, 0.15) is 18.7 Å². The van der Waals surface area contributed by atoms with Gasteiger partial charge in [-0.2, -0.15) is 0 Å². The van der Waals surface area contributed by atoms with Crippen molar-refractivity contribution >= 4 is 5.65 Å². The Bertz CT molecular complexity index is 516. The highest BCUT2D eigenvalue weighted by molar-refractivity contribution is 5.51. The van der Waals surface area contributed by atoms with Crippen molar-refractivity contribution in [1.29, 1.82) is 0 Å². The molecule has 5 nitrogen and oxygen atoms in total. The van der Waals surface area contributed by atoms with Crippen molar-refractivity contribution in [3.05, 3.63) is 24.2 Å². The van der Waals surface area contributed by atoms with Gasteiger partial charge in [0.2, 0.25) is 5.65 Å². The lowest BCUT2D eigenvalue weighted by molar-refractivity contribution is 0.370. The molecular formula is C12H16N4O. The Hall–Kier alpha value is -1.62. The number of fused-ring (bicyclic) bond motifs is 1. The van der Waals surface area contributed by atoms with Crippen LogP contribution in [0.2, 0.25) is 0 Å². The lowest BCUT2D eigenvalue weighted by Gasteiger charge is -2.21. The molecule has 2 aromatic rings. The maximum atomic E-state index is 9.65. The van der Waals surface area contributed by atoms with Crippen LogP contribution >= 0.6 is 0 Å². The van der Waals surface area contributed by atoms with Crippen LogP contribution in [0.25, 0.3) is 5.65 Å². The van der Waals surface area contributed by atoms with E-state index in [9.17, 15) is 5.11 Å². The fourth-order valence-corrected chi connectivity index (χ4v) is 2.45. The van der Waals surface area contributed by atoms with E-state index in [0.29, 0.717) is 11.6 Å². The number of piperidine rings is 1. The maximum absolute atomic E-state index is 9.65. The summed E-state index contributed by atoms with van der Waals surface area (Å²) in [7, 11) is 0. The molecule has 90 valence electrons. The van der Waals surface area contributed by atoms with Crippen LogP contribution in [0.4, 0.5) is 0 Å². The Morgan fingerprint density at radius 3 is 3.24 bits per heavy atom. The zero-order valence-electron chi connectivity index (χ0n) is 9.63. The average molecular weight is 232 g/mol. The molecule has 0 saturated carbocycles. The van der Waals surface area contributed by atoms with Gasteiger partial charge in [0.25, 0.3) is 0 Å². The summed E-state index contributed by atoms with van der Waals surface area (Å²) in [5.74, 6) is 1.75. The molecule has 0 spiro atoms. The second-order valence-electron chi connectivity index (χ2n) is 4.62. The number of pyridine rings is 1. The number of hydrogen-bond donors (Lipinski definition) is 2. The van der Waals surface area contributed by atoms with E-state index in [1.807, 2.05) is 16.7 Å². The largest absolute Gasteiger partial charge is 0.504 e. The molecule has 2 N–H and O–H groups in total. The monoisotopic (exact) mass is 232 g/mol. The molecule has 1 unspecified atom stereocenters. The Morgan fingerprint density at radius 2 is 2.41 bits per heavy atom. The SMILES string of the molecule is Oc1cccn2c(CC3CCCNC3)nnc12. The molecule has 0 amide bonds. The summed E-state index contributed by atoms with van der Waals surface area (Å²) in [4.78, 5) is 0. The first-order valence-corrected chi connectivity index (χ1v) is 6.07. The molecule has 0 aromatic carbocycles. The molecule has 3 heterocycles. The van der Waals surface area contributed by atoms with Crippen molar-refractivity contribution in [2.75, 3.05) is 13.1 Å². The third-order valence-electron chi connectivity index (χ3n) is 3.35. The van der Waals surface area contributed by atoms with Crippen LogP contribution in [-0.2, 0) is 6.42 Å². The highest BCUT2D eigenvalue weighted by atomic mass is 16.3. The first kappa shape index (κ1) is 10.5. The van der Waals surface area contributed by atoms with Crippen LogP contribution < -0.4 is 5.32 Å². The Kier molecular flexibility index (Phi) is 2.68. The molecule has 17 heavy (non-hydrogen) atoms. The van der Waals surface area contributed by atoms with Crippen LogP contribution in [-0.4, -0.2) is 32.8 Å². The van der Waals surface area contributed by atoms with E-state index >= 15 is 0 Å². The van der Waals surface area contributed by atoms with E-state index in [4.69, 9.17) is 0 Å². The zero-order valence-corrected chi connectivity index (χ0v) is 9.63. The van der Waals surface area contributed by atoms with Gasteiger partial charge < -0.3 is 10.4 Å². The van der Waals surface area contributed by atoms with Gasteiger partial charge in [0.1, 0.15) is 5.82 Å². The lowest BCUT2D eigenvalue weighted by atomic mass is 9.96. The highest BCUT2D eigenvalue weighted by Gasteiger charge is 2.17. The minimum atomic E-state index is 0.188. The maximum Gasteiger partial charge on any atom is 0.203 e. The van der Waals surface area contributed by atoms with E-state index in [-0.39, 0.29) is 5.75 Å². The van der Waals surface area contributed by atoms with Crippen molar-refractivity contribution in [1.82, 2.24) is 19.9 Å². The van der Waals surface area contributed by atoms with Crippen LogP contribution in [0.15, 0.2) is 18.3 Å². The number of aromatic hydroxyl groups is 1. The molecule has 1 fully saturated rings. The molecule has 0 bridgehead atoms. The first-order chi connectivity index (χ1) is 8.34. The summed E-state index contributed by atoms with van der Waals surface area (Å²) >= 11 is 0. The number of hydrogen-bond acceptors (Lipinski definition) is 4. The Morgan fingerprint density at radius 1 is 1.47 bits per heavy atom. The average Bonchev–Trinajstić information content (AvgIpc) is 2.76. The summed E-state index contributed by atoms with van der Waals surface area (Å²) in [6.45, 7) is 2.17. The predicted octanol–water partition coefficient (Wildman–Crippen LogP) is 0.977. The predicted molar refractivity (Wildman–Crippen MR) is 63.9 cm³/mol. The molecule has 2 aromatic heterocycles. The Labute approximate surface area is 99.5 Å². The van der Waals surface area contributed by atoms with Crippen LogP contribution in [0, 0.1) is 5.92 Å². The fraction of sp³-hybridized carbons (Fsp3) is 0.500. The van der Waals surface area contributed by atoms with Gasteiger partial charge in [-0.25, -0.2) is 0 Å². The summed E-state index contributed by atoms with van der Waals surface area (Å²) < 4.78 is 1.88. The number of nitrogens with one attached hydrogen (secondary N) is 1. The number of rotatable bonds is 2. The minimum absolute atomic E-state index is 0.188. The summed E-state index contributed by atoms with van der Waals surface area (Å²) in [6, 6.07) is 3.45. The third-order valence-corrected chi connectivity index (χ3v) is 3.35. The van der Waals surface area contributed by atoms with E-state index in [2.05, 4.69) is 15.5 Å². The summed E-state index contributed by atoms with van der Waals surface area (Å²) in [5, 5.41) is 21.3. The molecule has 1 aliphatic heterocycles. The fourth-order valence-electron chi connectivity index (χ4n) is 2.45. The number of aromatic nitrogens is 3. The van der Waals surface area contributed by atoms with Crippen LogP contribution in [0.3, 0.4) is 0 Å². The third kappa shape index (κ3) is 1.98. The van der Waals surface area contributed by atoms with Crippen LogP contribution in [0.5, 0.6) is 5.75 Å². The van der Waals surface area contributed by atoms with Crippen molar-refractivity contribution in [3.63, 3.8) is 0 Å². The molecule has 1 saturated heterocycles. The standard InChI is InChI=1S/C12H16N4O/c17-10-4-2-6-16-11(14-15-12(10)16)7-9-3-1-5-13-8-9/h2,4,6,9,13,17H,1,3,5,7-8H2. The van der Waals surface area contributed by atoms with Crippen molar-refractivity contribution in [2.45, 2.75) is 19.3 Å². The topological polar surface area (TPSA) is 62.5 Å². The normalized spacial score (nSPS) is 20.8. The van der Waals surface area contributed by atoms with Crippen molar-refractivity contribution in [2.24, 2.45) is 5.92 Å². The van der Waals surface area contributed by atoms with E-state index < -0.39 is 0 Å². The van der Waals surface area contributed by atoms with Gasteiger partial charge in [-0.1, -0.05) is 0 Å². The highest BCUT2D eigenvalue weighted by Crippen LogP contribution is 2.19. The van der Waals surface area contributed by atoms with Gasteiger partial charge in [-0.3, -0.25) is 4.40 Å².